The van der Waals surface area contributed by atoms with Crippen molar-refractivity contribution in [2.45, 2.75) is 32.6 Å². The molecule has 0 radical (unpaired) electrons. The number of rotatable bonds is 8. The molecule has 1 atom stereocenters. The van der Waals surface area contributed by atoms with E-state index in [9.17, 15) is 0 Å². The summed E-state index contributed by atoms with van der Waals surface area (Å²) in [6.45, 7) is 6.78. The van der Waals surface area contributed by atoms with Crippen molar-refractivity contribution in [1.29, 1.82) is 0 Å². The van der Waals surface area contributed by atoms with E-state index in [2.05, 4.69) is 66.4 Å². The zero-order chi connectivity index (χ0) is 21.8. The van der Waals surface area contributed by atoms with Gasteiger partial charge in [0.2, 0.25) is 0 Å². The van der Waals surface area contributed by atoms with Crippen LogP contribution in [0.3, 0.4) is 0 Å². The third-order valence-electron chi connectivity index (χ3n) is 5.08. The number of ether oxygens (including phenoxy) is 1. The van der Waals surface area contributed by atoms with Gasteiger partial charge in [0.15, 0.2) is 0 Å². The van der Waals surface area contributed by atoms with Crippen molar-refractivity contribution >= 4 is 11.9 Å². The van der Waals surface area contributed by atoms with Gasteiger partial charge in [0.25, 0.3) is 0 Å². The molecule has 0 bridgehead atoms. The van der Waals surface area contributed by atoms with Crippen LogP contribution in [0.2, 0.25) is 0 Å². The summed E-state index contributed by atoms with van der Waals surface area (Å²) in [5.41, 5.74) is 2.41. The lowest BCUT2D eigenvalue weighted by Gasteiger charge is -2.17. The Morgan fingerprint density at radius 2 is 1.67 bits per heavy atom. The van der Waals surface area contributed by atoms with Crippen molar-refractivity contribution in [1.82, 2.24) is 4.90 Å². The van der Waals surface area contributed by atoms with Crippen LogP contribution in [0.15, 0.2) is 54.6 Å². The first-order valence-corrected chi connectivity index (χ1v) is 10.5. The summed E-state index contributed by atoms with van der Waals surface area (Å²) in [5.74, 6) is -1.98. The van der Waals surface area contributed by atoms with Crippen molar-refractivity contribution in [2.24, 2.45) is 5.92 Å². The van der Waals surface area contributed by atoms with Gasteiger partial charge in [-0.3, -0.25) is 0 Å². The van der Waals surface area contributed by atoms with Gasteiger partial charge in [0.1, 0.15) is 5.75 Å². The van der Waals surface area contributed by atoms with Crippen molar-refractivity contribution < 1.29 is 24.5 Å². The lowest BCUT2D eigenvalue weighted by atomic mass is 10.0. The number of para-hydroxylation sites is 1. The zero-order valence-electron chi connectivity index (χ0n) is 17.5. The van der Waals surface area contributed by atoms with E-state index in [-0.39, 0.29) is 0 Å². The minimum absolute atomic E-state index is 0.662. The van der Waals surface area contributed by atoms with Gasteiger partial charge in [-0.15, -0.1) is 0 Å². The monoisotopic (exact) mass is 413 g/mol. The molecule has 2 N–H and O–H groups in total. The van der Waals surface area contributed by atoms with Crippen LogP contribution in [0, 0.1) is 5.92 Å². The van der Waals surface area contributed by atoms with E-state index in [1.165, 1.54) is 56.4 Å². The molecular formula is C24H31NO5. The highest BCUT2D eigenvalue weighted by atomic mass is 16.5. The molecule has 3 rings (SSSR count). The Balaban J connectivity index is 0.000000469. The van der Waals surface area contributed by atoms with Crippen LogP contribution in [0.25, 0.3) is 11.1 Å². The summed E-state index contributed by atoms with van der Waals surface area (Å²) >= 11 is 0. The fourth-order valence-corrected chi connectivity index (χ4v) is 3.49. The molecular weight excluding hydrogens is 382 g/mol. The average molecular weight is 414 g/mol. The molecule has 1 unspecified atom stereocenters. The van der Waals surface area contributed by atoms with E-state index in [1.807, 2.05) is 0 Å². The third-order valence-corrected chi connectivity index (χ3v) is 5.08. The Morgan fingerprint density at radius 3 is 2.33 bits per heavy atom. The van der Waals surface area contributed by atoms with E-state index in [0.29, 0.717) is 5.92 Å². The van der Waals surface area contributed by atoms with Crippen LogP contribution in [0.5, 0.6) is 5.75 Å². The molecule has 2 aromatic carbocycles. The van der Waals surface area contributed by atoms with E-state index < -0.39 is 11.9 Å². The fraction of sp³-hybridized carbons (Fsp3) is 0.417. The maximum absolute atomic E-state index is 9.10. The van der Waals surface area contributed by atoms with Gasteiger partial charge >= 0.3 is 11.9 Å². The van der Waals surface area contributed by atoms with E-state index in [4.69, 9.17) is 24.5 Å². The predicted molar refractivity (Wildman–Crippen MR) is 117 cm³/mol. The van der Waals surface area contributed by atoms with Crippen molar-refractivity contribution in [3.63, 3.8) is 0 Å². The van der Waals surface area contributed by atoms with Crippen LogP contribution in [0.1, 0.15) is 32.6 Å². The smallest absolute Gasteiger partial charge is 0.414 e. The van der Waals surface area contributed by atoms with Gasteiger partial charge in [0.05, 0.1) is 6.61 Å². The minimum atomic E-state index is -1.82. The lowest BCUT2D eigenvalue weighted by Crippen LogP contribution is -2.23. The standard InChI is InChI=1S/C22H29NO.C2H2O4/c1-2-3-9-15-23-16-14-19(17-23)18-24-22-13-8-7-12-21(22)20-10-5-4-6-11-20;3-1(4)2(5)6/h4-8,10-13,19H,2-3,9,14-18H2,1H3;(H,3,4)(H,5,6). The van der Waals surface area contributed by atoms with Crippen LogP contribution in [-0.4, -0.2) is 53.3 Å². The second-order valence-corrected chi connectivity index (χ2v) is 7.45. The molecule has 1 aliphatic heterocycles. The van der Waals surface area contributed by atoms with Gasteiger partial charge in [-0.05, 0) is 37.6 Å². The Labute approximate surface area is 178 Å². The van der Waals surface area contributed by atoms with Crippen molar-refractivity contribution in [3.8, 4) is 16.9 Å². The topological polar surface area (TPSA) is 87.1 Å². The zero-order valence-corrected chi connectivity index (χ0v) is 17.5. The second kappa shape index (κ2) is 12.6. The maximum Gasteiger partial charge on any atom is 0.414 e. The SMILES string of the molecule is CCCCCN1CCC(COc2ccccc2-c2ccccc2)C1.O=C(O)C(=O)O. The largest absolute Gasteiger partial charge is 0.493 e. The second-order valence-electron chi connectivity index (χ2n) is 7.45. The average Bonchev–Trinajstić information content (AvgIpc) is 3.21. The van der Waals surface area contributed by atoms with Gasteiger partial charge in [-0.25, -0.2) is 9.59 Å². The molecule has 0 aliphatic carbocycles. The summed E-state index contributed by atoms with van der Waals surface area (Å²) in [4.78, 5) is 20.8. The summed E-state index contributed by atoms with van der Waals surface area (Å²) in [5, 5.41) is 14.8. The third kappa shape index (κ3) is 7.87. The molecule has 0 amide bonds. The highest BCUT2D eigenvalue weighted by Gasteiger charge is 2.22. The molecule has 30 heavy (non-hydrogen) atoms. The lowest BCUT2D eigenvalue weighted by molar-refractivity contribution is -0.159. The van der Waals surface area contributed by atoms with Gasteiger partial charge < -0.3 is 19.8 Å². The Bertz CT molecular complexity index is 781. The highest BCUT2D eigenvalue weighted by Crippen LogP contribution is 2.30. The molecule has 1 fully saturated rings. The molecule has 0 aromatic heterocycles. The van der Waals surface area contributed by atoms with Crippen molar-refractivity contribution in [3.05, 3.63) is 54.6 Å². The fourth-order valence-electron chi connectivity index (χ4n) is 3.49. The number of likely N-dealkylation sites (tertiary alicyclic amines) is 1. The van der Waals surface area contributed by atoms with Crippen LogP contribution in [0.4, 0.5) is 0 Å². The molecule has 1 aliphatic rings. The quantitative estimate of drug-likeness (QED) is 0.493. The first kappa shape index (κ1) is 23.4. The number of unbranched alkanes of at least 4 members (excludes halogenated alkanes) is 2. The van der Waals surface area contributed by atoms with Gasteiger partial charge in [0, 0.05) is 18.0 Å². The van der Waals surface area contributed by atoms with Gasteiger partial charge in [-0.1, -0.05) is 68.3 Å². The first-order chi connectivity index (χ1) is 14.5. The summed E-state index contributed by atoms with van der Waals surface area (Å²) in [7, 11) is 0. The Hall–Kier alpha value is -2.86. The molecule has 0 spiro atoms. The molecule has 0 saturated carbocycles. The van der Waals surface area contributed by atoms with Crippen LogP contribution < -0.4 is 4.74 Å². The van der Waals surface area contributed by atoms with Crippen molar-refractivity contribution in [2.75, 3.05) is 26.2 Å². The van der Waals surface area contributed by atoms with E-state index >= 15 is 0 Å². The number of hydrogen-bond acceptors (Lipinski definition) is 4. The molecule has 1 saturated heterocycles. The normalized spacial score (nSPS) is 15.8. The number of nitrogens with zero attached hydrogens (tertiary/aromatic N) is 1. The van der Waals surface area contributed by atoms with E-state index in [1.54, 1.807) is 0 Å². The molecule has 6 heteroatoms. The Morgan fingerprint density at radius 1 is 1.00 bits per heavy atom. The number of carboxylic acids is 2. The summed E-state index contributed by atoms with van der Waals surface area (Å²) in [6.07, 6.45) is 5.25. The van der Waals surface area contributed by atoms with E-state index in [0.717, 1.165) is 12.4 Å². The van der Waals surface area contributed by atoms with Crippen LogP contribution >= 0.6 is 0 Å². The minimum Gasteiger partial charge on any atom is -0.493 e. The summed E-state index contributed by atoms with van der Waals surface area (Å²) < 4.78 is 6.22. The Kier molecular flexibility index (Phi) is 9.87. The number of benzene rings is 2. The van der Waals surface area contributed by atoms with Crippen LogP contribution in [-0.2, 0) is 9.59 Å². The number of hydrogen-bond donors (Lipinski definition) is 2. The van der Waals surface area contributed by atoms with Gasteiger partial charge in [-0.2, -0.15) is 0 Å². The molecule has 6 nitrogen and oxygen atoms in total. The highest BCUT2D eigenvalue weighted by molar-refractivity contribution is 6.27. The number of carboxylic acid groups (broad SMARTS) is 2. The molecule has 2 aromatic rings. The number of carbonyl (C=O) groups is 2. The first-order valence-electron chi connectivity index (χ1n) is 10.5. The molecule has 1 heterocycles. The molecule has 162 valence electrons. The predicted octanol–water partition coefficient (Wildman–Crippen LogP) is 4.40. The number of aliphatic carboxylic acids is 2. The summed E-state index contributed by atoms with van der Waals surface area (Å²) in [6, 6.07) is 18.9. The maximum atomic E-state index is 9.10.